The molecule has 116 valence electrons. The fraction of sp³-hybridized carbons (Fsp3) is 0.588. The molecule has 1 unspecified atom stereocenters. The van der Waals surface area contributed by atoms with Crippen molar-refractivity contribution in [2.75, 3.05) is 37.3 Å². The number of hydrogen-bond acceptors (Lipinski definition) is 3. The van der Waals surface area contributed by atoms with Crippen LogP contribution in [0.2, 0.25) is 0 Å². The van der Waals surface area contributed by atoms with E-state index in [2.05, 4.69) is 11.8 Å². The summed E-state index contributed by atoms with van der Waals surface area (Å²) in [7, 11) is 1.83. The number of rotatable bonds is 4. The van der Waals surface area contributed by atoms with Crippen LogP contribution in [0.3, 0.4) is 0 Å². The van der Waals surface area contributed by atoms with E-state index < -0.39 is 0 Å². The summed E-state index contributed by atoms with van der Waals surface area (Å²) in [4.78, 5) is 16.4. The normalized spacial score (nSPS) is 20.0. The molecule has 2 N–H and O–H groups in total. The molecule has 0 aliphatic carbocycles. The van der Waals surface area contributed by atoms with E-state index >= 15 is 0 Å². The number of amides is 1. The van der Waals surface area contributed by atoms with Crippen LogP contribution in [0.5, 0.6) is 0 Å². The first-order chi connectivity index (χ1) is 10.1. The van der Waals surface area contributed by atoms with Crippen molar-refractivity contribution in [2.24, 2.45) is 5.92 Å². The van der Waals surface area contributed by atoms with Crippen molar-refractivity contribution >= 4 is 17.3 Å². The molecule has 2 rings (SSSR count). The molecule has 0 saturated carbocycles. The van der Waals surface area contributed by atoms with Crippen LogP contribution in [0.4, 0.5) is 11.4 Å². The van der Waals surface area contributed by atoms with Gasteiger partial charge in [-0.3, -0.25) is 9.69 Å². The van der Waals surface area contributed by atoms with Crippen LogP contribution in [0.1, 0.15) is 32.6 Å². The van der Waals surface area contributed by atoms with E-state index in [1.54, 1.807) is 4.90 Å². The summed E-state index contributed by atoms with van der Waals surface area (Å²) in [5, 5.41) is 0. The first-order valence-electron chi connectivity index (χ1n) is 7.94. The number of likely N-dealkylation sites (N-methyl/N-ethyl adjacent to an activating group) is 1. The predicted octanol–water partition coefficient (Wildman–Crippen LogP) is 2.74. The quantitative estimate of drug-likeness (QED) is 0.867. The van der Waals surface area contributed by atoms with Crippen molar-refractivity contribution in [1.29, 1.82) is 0 Å². The average molecular weight is 289 g/mol. The van der Waals surface area contributed by atoms with E-state index in [-0.39, 0.29) is 5.91 Å². The fourth-order valence-corrected chi connectivity index (χ4v) is 2.93. The minimum atomic E-state index is 0.148. The lowest BCUT2D eigenvalue weighted by atomic mass is 9.98. The maximum absolute atomic E-state index is 12.4. The molecule has 1 aromatic rings. The molecule has 1 fully saturated rings. The van der Waals surface area contributed by atoms with Gasteiger partial charge in [0.15, 0.2) is 0 Å². The van der Waals surface area contributed by atoms with E-state index in [1.165, 1.54) is 25.7 Å². The lowest BCUT2D eigenvalue weighted by Gasteiger charge is -2.24. The van der Waals surface area contributed by atoms with Gasteiger partial charge in [-0.2, -0.15) is 0 Å². The number of carbonyl (C=O) groups is 1. The zero-order valence-electron chi connectivity index (χ0n) is 13.2. The first-order valence-corrected chi connectivity index (χ1v) is 7.94. The Morgan fingerprint density at radius 3 is 2.67 bits per heavy atom. The summed E-state index contributed by atoms with van der Waals surface area (Å²) in [5.74, 6) is 0.981. The van der Waals surface area contributed by atoms with E-state index in [0.717, 1.165) is 30.4 Å². The van der Waals surface area contributed by atoms with Crippen molar-refractivity contribution in [3.8, 4) is 0 Å². The molecule has 1 atom stereocenters. The fourth-order valence-electron chi connectivity index (χ4n) is 2.93. The monoisotopic (exact) mass is 289 g/mol. The van der Waals surface area contributed by atoms with Crippen molar-refractivity contribution in [1.82, 2.24) is 4.90 Å². The van der Waals surface area contributed by atoms with Gasteiger partial charge in [0, 0.05) is 18.4 Å². The van der Waals surface area contributed by atoms with Crippen LogP contribution >= 0.6 is 0 Å². The number of likely N-dealkylation sites (tertiary alicyclic amines) is 1. The number of nitrogen functional groups attached to an aromatic ring is 1. The molecule has 21 heavy (non-hydrogen) atoms. The number of benzene rings is 1. The molecular weight excluding hydrogens is 262 g/mol. The van der Waals surface area contributed by atoms with Crippen LogP contribution in [-0.2, 0) is 4.79 Å². The number of nitrogens with zero attached hydrogens (tertiary/aromatic N) is 2. The van der Waals surface area contributed by atoms with Crippen molar-refractivity contribution in [2.45, 2.75) is 32.6 Å². The largest absolute Gasteiger partial charge is 0.399 e. The van der Waals surface area contributed by atoms with Gasteiger partial charge in [-0.15, -0.1) is 0 Å². The molecule has 0 radical (unpaired) electrons. The third kappa shape index (κ3) is 4.46. The first kappa shape index (κ1) is 15.8. The van der Waals surface area contributed by atoms with Gasteiger partial charge in [0.25, 0.3) is 0 Å². The molecule has 1 amide bonds. The smallest absolute Gasteiger partial charge is 0.240 e. The number of hydrogen-bond donors (Lipinski definition) is 1. The van der Waals surface area contributed by atoms with Crippen molar-refractivity contribution < 1.29 is 4.79 Å². The van der Waals surface area contributed by atoms with Gasteiger partial charge >= 0.3 is 0 Å². The van der Waals surface area contributed by atoms with E-state index in [0.29, 0.717) is 6.54 Å². The van der Waals surface area contributed by atoms with Gasteiger partial charge in [-0.25, -0.2) is 0 Å². The van der Waals surface area contributed by atoms with Crippen LogP contribution in [0.25, 0.3) is 0 Å². The summed E-state index contributed by atoms with van der Waals surface area (Å²) >= 11 is 0. The van der Waals surface area contributed by atoms with Crippen LogP contribution < -0.4 is 10.6 Å². The molecule has 0 spiro atoms. The lowest BCUT2D eigenvalue weighted by molar-refractivity contribution is -0.119. The Kier molecular flexibility index (Phi) is 5.62. The van der Waals surface area contributed by atoms with Crippen LogP contribution in [0, 0.1) is 5.92 Å². The van der Waals surface area contributed by atoms with Gasteiger partial charge in [0.2, 0.25) is 5.91 Å². The molecule has 0 aromatic heterocycles. The van der Waals surface area contributed by atoms with Gasteiger partial charge in [-0.1, -0.05) is 13.3 Å². The van der Waals surface area contributed by atoms with E-state index in [1.807, 2.05) is 31.3 Å². The number of nitrogens with two attached hydrogens (primary N) is 1. The Bertz CT molecular complexity index is 458. The molecule has 1 aliphatic heterocycles. The van der Waals surface area contributed by atoms with E-state index in [9.17, 15) is 4.79 Å². The highest BCUT2D eigenvalue weighted by Crippen LogP contribution is 2.20. The Labute approximate surface area is 127 Å². The minimum Gasteiger partial charge on any atom is -0.399 e. The molecule has 1 aliphatic rings. The molecule has 4 nitrogen and oxygen atoms in total. The maximum Gasteiger partial charge on any atom is 0.240 e. The van der Waals surface area contributed by atoms with E-state index in [4.69, 9.17) is 5.73 Å². The molecule has 0 bridgehead atoms. The molecule has 1 saturated heterocycles. The highest BCUT2D eigenvalue weighted by Gasteiger charge is 2.19. The maximum atomic E-state index is 12.4. The van der Waals surface area contributed by atoms with Gasteiger partial charge in [0.05, 0.1) is 6.54 Å². The van der Waals surface area contributed by atoms with Gasteiger partial charge in [0.1, 0.15) is 0 Å². The summed E-state index contributed by atoms with van der Waals surface area (Å²) < 4.78 is 0. The van der Waals surface area contributed by atoms with Crippen LogP contribution in [0.15, 0.2) is 24.3 Å². The average Bonchev–Trinajstić information content (AvgIpc) is 2.72. The summed E-state index contributed by atoms with van der Waals surface area (Å²) in [6, 6.07) is 7.44. The Morgan fingerprint density at radius 1 is 1.29 bits per heavy atom. The lowest BCUT2D eigenvalue weighted by Crippen LogP contribution is -2.39. The third-order valence-electron chi connectivity index (χ3n) is 4.53. The highest BCUT2D eigenvalue weighted by atomic mass is 16.2. The van der Waals surface area contributed by atoms with Gasteiger partial charge in [-0.05, 0) is 62.5 Å². The molecule has 1 heterocycles. The Hall–Kier alpha value is -1.55. The zero-order valence-corrected chi connectivity index (χ0v) is 13.2. The van der Waals surface area contributed by atoms with Crippen molar-refractivity contribution in [3.63, 3.8) is 0 Å². The Balaban J connectivity index is 1.90. The summed E-state index contributed by atoms with van der Waals surface area (Å²) in [6.07, 6.45) is 4.98. The minimum absolute atomic E-state index is 0.148. The number of anilines is 2. The summed E-state index contributed by atoms with van der Waals surface area (Å²) in [5.41, 5.74) is 7.30. The standard InChI is InChI=1S/C17H27N3O/c1-3-14-5-4-11-20(12-10-14)13-17(21)19(2)16-8-6-15(18)7-9-16/h6-9,14H,3-5,10-13,18H2,1-2H3. The highest BCUT2D eigenvalue weighted by molar-refractivity contribution is 5.94. The zero-order chi connectivity index (χ0) is 15.2. The SMILES string of the molecule is CCC1CCCN(CC(=O)N(C)c2ccc(N)cc2)CC1. The molecule has 1 aromatic carbocycles. The Morgan fingerprint density at radius 2 is 2.00 bits per heavy atom. The third-order valence-corrected chi connectivity index (χ3v) is 4.53. The second-order valence-corrected chi connectivity index (χ2v) is 6.03. The topological polar surface area (TPSA) is 49.6 Å². The summed E-state index contributed by atoms with van der Waals surface area (Å²) in [6.45, 7) is 4.86. The number of carbonyl (C=O) groups excluding carboxylic acids is 1. The van der Waals surface area contributed by atoms with Gasteiger partial charge < -0.3 is 10.6 Å². The van der Waals surface area contributed by atoms with Crippen molar-refractivity contribution in [3.05, 3.63) is 24.3 Å². The predicted molar refractivity (Wildman–Crippen MR) is 88.3 cm³/mol. The second-order valence-electron chi connectivity index (χ2n) is 6.03. The van der Waals surface area contributed by atoms with Crippen LogP contribution in [-0.4, -0.2) is 37.5 Å². The second kappa shape index (κ2) is 7.46. The molecular formula is C17H27N3O. The molecule has 4 heteroatoms.